The zero-order valence-corrected chi connectivity index (χ0v) is 6.19. The third-order valence-electron chi connectivity index (χ3n) is 0.916. The summed E-state index contributed by atoms with van der Waals surface area (Å²) < 4.78 is 12.3. The van der Waals surface area contributed by atoms with Crippen molar-refractivity contribution in [3.05, 3.63) is 24.1 Å². The van der Waals surface area contributed by atoms with Gasteiger partial charge in [0.25, 0.3) is 0 Å². The summed E-state index contributed by atoms with van der Waals surface area (Å²) in [5.74, 6) is 0.263. The maximum atomic E-state index is 12.3. The zero-order valence-electron chi connectivity index (χ0n) is 6.19. The topological polar surface area (TPSA) is 0 Å². The lowest BCUT2D eigenvalue weighted by molar-refractivity contribution is 0.661. The monoisotopic (exact) mass is 128 g/mol. The van der Waals surface area contributed by atoms with Gasteiger partial charge in [-0.05, 0) is 18.9 Å². The molecule has 0 bridgehead atoms. The average molecular weight is 128 g/mol. The molecule has 0 N–H and O–H groups in total. The molecule has 0 saturated carbocycles. The third-order valence-corrected chi connectivity index (χ3v) is 0.916. The highest BCUT2D eigenvalue weighted by atomic mass is 19.1. The molecule has 52 valence electrons. The molecule has 0 radical (unpaired) electrons. The molecule has 0 spiro atoms. The van der Waals surface area contributed by atoms with Crippen LogP contribution in [-0.2, 0) is 0 Å². The molecular weight excluding hydrogens is 115 g/mol. The van der Waals surface area contributed by atoms with Crippen LogP contribution in [0.3, 0.4) is 0 Å². The van der Waals surface area contributed by atoms with Crippen molar-refractivity contribution in [2.45, 2.75) is 20.8 Å². The summed E-state index contributed by atoms with van der Waals surface area (Å²) in [6.45, 7) is 5.71. The van der Waals surface area contributed by atoms with E-state index in [2.05, 4.69) is 0 Å². The fraction of sp³-hybridized carbons (Fsp3) is 0.500. The second kappa shape index (κ2) is 4.30. The summed E-state index contributed by atoms with van der Waals surface area (Å²) in [5.41, 5.74) is 0. The summed E-state index contributed by atoms with van der Waals surface area (Å²) in [6, 6.07) is 0. The van der Waals surface area contributed by atoms with Crippen molar-refractivity contribution in [3.8, 4) is 0 Å². The van der Waals surface area contributed by atoms with E-state index in [4.69, 9.17) is 0 Å². The maximum Gasteiger partial charge on any atom is 0.118 e. The Morgan fingerprint density at radius 2 is 2.00 bits per heavy atom. The minimum Gasteiger partial charge on any atom is -0.207 e. The van der Waals surface area contributed by atoms with E-state index in [-0.39, 0.29) is 5.83 Å². The number of hydrogen-bond acceptors (Lipinski definition) is 0. The predicted octanol–water partition coefficient (Wildman–Crippen LogP) is 3.07. The van der Waals surface area contributed by atoms with Crippen molar-refractivity contribution in [2.24, 2.45) is 5.92 Å². The Hall–Kier alpha value is -0.590. The molecule has 9 heavy (non-hydrogen) atoms. The van der Waals surface area contributed by atoms with E-state index in [1.165, 1.54) is 12.2 Å². The fourth-order valence-electron chi connectivity index (χ4n) is 0.381. The smallest absolute Gasteiger partial charge is 0.118 e. The van der Waals surface area contributed by atoms with E-state index in [1.807, 2.05) is 19.9 Å². The van der Waals surface area contributed by atoms with Gasteiger partial charge in [0.15, 0.2) is 0 Å². The average Bonchev–Trinajstić information content (AvgIpc) is 1.83. The highest BCUT2D eigenvalue weighted by molar-refractivity contribution is 5.09. The molecule has 0 aliphatic heterocycles. The van der Waals surface area contributed by atoms with E-state index in [1.54, 1.807) is 6.92 Å². The van der Waals surface area contributed by atoms with Crippen molar-refractivity contribution < 1.29 is 4.39 Å². The van der Waals surface area contributed by atoms with Gasteiger partial charge in [-0.3, -0.25) is 0 Å². The largest absolute Gasteiger partial charge is 0.207 e. The van der Waals surface area contributed by atoms with Crippen LogP contribution >= 0.6 is 0 Å². The summed E-state index contributed by atoms with van der Waals surface area (Å²) in [6.07, 6.45) is 4.76. The Balaban J connectivity index is 3.71. The van der Waals surface area contributed by atoms with Gasteiger partial charge >= 0.3 is 0 Å². The van der Waals surface area contributed by atoms with Gasteiger partial charge in [-0.25, -0.2) is 4.39 Å². The van der Waals surface area contributed by atoms with Crippen LogP contribution in [-0.4, -0.2) is 0 Å². The molecule has 0 fully saturated rings. The van der Waals surface area contributed by atoms with Crippen LogP contribution in [0.2, 0.25) is 0 Å². The molecule has 0 aromatic heterocycles. The maximum absolute atomic E-state index is 12.3. The number of allylic oxidation sites excluding steroid dienone is 4. The van der Waals surface area contributed by atoms with Crippen molar-refractivity contribution in [3.63, 3.8) is 0 Å². The molecule has 0 atom stereocenters. The van der Waals surface area contributed by atoms with Crippen LogP contribution in [0.25, 0.3) is 0 Å². The lowest BCUT2D eigenvalue weighted by Gasteiger charge is -1.90. The standard InChI is InChI=1S/C8H13F/c1-4-8(9)6-5-7(2)3/h4-7H,1-3H3. The van der Waals surface area contributed by atoms with Gasteiger partial charge in [-0.15, -0.1) is 0 Å². The molecule has 1 heteroatoms. The molecule has 0 heterocycles. The molecule has 0 aliphatic carbocycles. The zero-order chi connectivity index (χ0) is 7.28. The molecule has 0 nitrogen and oxygen atoms in total. The lowest BCUT2D eigenvalue weighted by atomic mass is 10.2. The first-order chi connectivity index (χ1) is 4.16. The highest BCUT2D eigenvalue weighted by Gasteiger charge is 1.85. The summed E-state index contributed by atoms with van der Waals surface area (Å²) in [4.78, 5) is 0. The molecular formula is C8H13F. The Bertz CT molecular complexity index is 121. The number of hydrogen-bond donors (Lipinski definition) is 0. The van der Waals surface area contributed by atoms with Crippen molar-refractivity contribution in [1.82, 2.24) is 0 Å². The SMILES string of the molecule is CC=C(F)C=CC(C)C. The van der Waals surface area contributed by atoms with E-state index in [0.29, 0.717) is 5.92 Å². The molecule has 0 aliphatic rings. The minimum atomic E-state index is -0.163. The Morgan fingerprint density at radius 3 is 2.33 bits per heavy atom. The second-order valence-electron chi connectivity index (χ2n) is 2.28. The number of halogens is 1. The van der Waals surface area contributed by atoms with Crippen LogP contribution in [0.1, 0.15) is 20.8 Å². The van der Waals surface area contributed by atoms with Crippen LogP contribution in [0.5, 0.6) is 0 Å². The summed E-state index contributed by atoms with van der Waals surface area (Å²) in [5, 5.41) is 0. The van der Waals surface area contributed by atoms with E-state index >= 15 is 0 Å². The van der Waals surface area contributed by atoms with Crippen molar-refractivity contribution in [2.75, 3.05) is 0 Å². The van der Waals surface area contributed by atoms with Gasteiger partial charge < -0.3 is 0 Å². The van der Waals surface area contributed by atoms with Crippen LogP contribution in [0, 0.1) is 5.92 Å². The molecule has 0 amide bonds. The first-order valence-electron chi connectivity index (χ1n) is 3.17. The van der Waals surface area contributed by atoms with Gasteiger partial charge in [0.1, 0.15) is 5.83 Å². The molecule has 0 unspecified atom stereocenters. The first-order valence-corrected chi connectivity index (χ1v) is 3.17. The van der Waals surface area contributed by atoms with Gasteiger partial charge in [0, 0.05) is 0 Å². The predicted molar refractivity (Wildman–Crippen MR) is 38.8 cm³/mol. The van der Waals surface area contributed by atoms with Gasteiger partial charge in [-0.2, -0.15) is 0 Å². The lowest BCUT2D eigenvalue weighted by Crippen LogP contribution is -1.76. The van der Waals surface area contributed by atoms with Crippen molar-refractivity contribution >= 4 is 0 Å². The molecule has 0 aromatic rings. The van der Waals surface area contributed by atoms with Crippen LogP contribution in [0.15, 0.2) is 24.1 Å². The van der Waals surface area contributed by atoms with Crippen molar-refractivity contribution in [1.29, 1.82) is 0 Å². The Kier molecular flexibility index (Phi) is 4.02. The minimum absolute atomic E-state index is 0.163. The summed E-state index contributed by atoms with van der Waals surface area (Å²) in [7, 11) is 0. The Labute approximate surface area is 56.1 Å². The van der Waals surface area contributed by atoms with E-state index in [9.17, 15) is 4.39 Å². The molecule has 0 rings (SSSR count). The second-order valence-corrected chi connectivity index (χ2v) is 2.28. The fourth-order valence-corrected chi connectivity index (χ4v) is 0.381. The molecule has 0 saturated heterocycles. The normalized spacial score (nSPS) is 13.7. The molecule has 0 aromatic carbocycles. The first kappa shape index (κ1) is 8.41. The van der Waals surface area contributed by atoms with Gasteiger partial charge in [0.05, 0.1) is 0 Å². The highest BCUT2D eigenvalue weighted by Crippen LogP contribution is 2.01. The summed E-state index contributed by atoms with van der Waals surface area (Å²) >= 11 is 0. The number of rotatable bonds is 2. The third kappa shape index (κ3) is 5.28. The van der Waals surface area contributed by atoms with E-state index < -0.39 is 0 Å². The van der Waals surface area contributed by atoms with Crippen LogP contribution in [0.4, 0.5) is 4.39 Å². The van der Waals surface area contributed by atoms with Crippen LogP contribution < -0.4 is 0 Å². The Morgan fingerprint density at radius 1 is 1.44 bits per heavy atom. The van der Waals surface area contributed by atoms with E-state index in [0.717, 1.165) is 0 Å². The van der Waals surface area contributed by atoms with Gasteiger partial charge in [0.2, 0.25) is 0 Å². The quantitative estimate of drug-likeness (QED) is 0.501. The van der Waals surface area contributed by atoms with Gasteiger partial charge in [-0.1, -0.05) is 26.0 Å².